The molecule has 1 aromatic rings. The van der Waals surface area contributed by atoms with Crippen molar-refractivity contribution in [2.24, 2.45) is 0 Å². The van der Waals surface area contributed by atoms with Crippen LogP contribution < -0.4 is 20.1 Å². The Morgan fingerprint density at radius 3 is 2.68 bits per heavy atom. The Morgan fingerprint density at radius 1 is 1.09 bits per heavy atom. The van der Waals surface area contributed by atoms with Crippen molar-refractivity contribution in [3.63, 3.8) is 0 Å². The van der Waals surface area contributed by atoms with Gasteiger partial charge in [-0.15, -0.1) is 0 Å². The number of nitrogens with one attached hydrogen (secondary N) is 2. The zero-order valence-corrected chi connectivity index (χ0v) is 12.9. The molecule has 0 aromatic heterocycles. The second-order valence-electron chi connectivity index (χ2n) is 6.01. The lowest BCUT2D eigenvalue weighted by Gasteiger charge is -2.15. The smallest absolute Gasteiger partial charge is 0.231 e. The summed E-state index contributed by atoms with van der Waals surface area (Å²) in [7, 11) is 0. The molecule has 1 aliphatic heterocycles. The van der Waals surface area contributed by atoms with Gasteiger partial charge in [0.05, 0.1) is 0 Å². The molecule has 0 unspecified atom stereocenters. The first-order chi connectivity index (χ1) is 10.8. The van der Waals surface area contributed by atoms with Crippen molar-refractivity contribution in [3.8, 4) is 11.5 Å². The highest BCUT2D eigenvalue weighted by molar-refractivity contribution is 5.91. The van der Waals surface area contributed by atoms with Crippen molar-refractivity contribution >= 4 is 11.6 Å². The van der Waals surface area contributed by atoms with Crippen LogP contribution in [0.1, 0.15) is 44.9 Å². The standard InChI is InChI=1S/C17H24N2O3/c20-17(9-10-18-13-5-3-1-2-4-6-13)19-14-7-8-15-16(11-14)22-12-21-15/h7-8,11,13,18H,1-6,9-10,12H2,(H,19,20). The summed E-state index contributed by atoms with van der Waals surface area (Å²) in [4.78, 5) is 12.0. The third-order valence-electron chi connectivity index (χ3n) is 4.30. The lowest BCUT2D eigenvalue weighted by Crippen LogP contribution is -2.31. The second-order valence-corrected chi connectivity index (χ2v) is 6.01. The van der Waals surface area contributed by atoms with Crippen LogP contribution in [0.15, 0.2) is 18.2 Å². The van der Waals surface area contributed by atoms with Crippen LogP contribution in [-0.4, -0.2) is 25.3 Å². The number of fused-ring (bicyclic) bond motifs is 1. The monoisotopic (exact) mass is 304 g/mol. The Hall–Kier alpha value is -1.75. The third kappa shape index (κ3) is 4.13. The van der Waals surface area contributed by atoms with E-state index in [-0.39, 0.29) is 12.7 Å². The van der Waals surface area contributed by atoms with E-state index in [1.54, 1.807) is 6.07 Å². The highest BCUT2D eigenvalue weighted by atomic mass is 16.7. The van der Waals surface area contributed by atoms with Crippen LogP contribution in [0.3, 0.4) is 0 Å². The molecule has 3 rings (SSSR count). The number of hydrogen-bond donors (Lipinski definition) is 2. The second kappa shape index (κ2) is 7.49. The van der Waals surface area contributed by atoms with Crippen molar-refractivity contribution < 1.29 is 14.3 Å². The molecular weight excluding hydrogens is 280 g/mol. The van der Waals surface area contributed by atoms with Gasteiger partial charge < -0.3 is 20.1 Å². The average molecular weight is 304 g/mol. The van der Waals surface area contributed by atoms with Crippen LogP contribution in [0.4, 0.5) is 5.69 Å². The molecule has 1 amide bonds. The number of hydrogen-bond acceptors (Lipinski definition) is 4. The van der Waals surface area contributed by atoms with Crippen LogP contribution in [0.2, 0.25) is 0 Å². The van der Waals surface area contributed by atoms with Gasteiger partial charge in [0.1, 0.15) is 0 Å². The molecule has 22 heavy (non-hydrogen) atoms. The SMILES string of the molecule is O=C(CCNC1CCCCCC1)Nc1ccc2c(c1)OCO2. The predicted molar refractivity (Wildman–Crippen MR) is 85.3 cm³/mol. The summed E-state index contributed by atoms with van der Waals surface area (Å²) in [6, 6.07) is 6.05. The van der Waals surface area contributed by atoms with E-state index in [4.69, 9.17) is 9.47 Å². The number of ether oxygens (including phenoxy) is 2. The van der Waals surface area contributed by atoms with Gasteiger partial charge in [-0.05, 0) is 25.0 Å². The van der Waals surface area contributed by atoms with Crippen molar-refractivity contribution in [1.29, 1.82) is 0 Å². The van der Waals surface area contributed by atoms with Gasteiger partial charge in [-0.25, -0.2) is 0 Å². The van der Waals surface area contributed by atoms with Gasteiger partial charge in [-0.2, -0.15) is 0 Å². The number of amides is 1. The van der Waals surface area contributed by atoms with E-state index in [1.165, 1.54) is 38.5 Å². The summed E-state index contributed by atoms with van der Waals surface area (Å²) in [5.41, 5.74) is 0.753. The highest BCUT2D eigenvalue weighted by Crippen LogP contribution is 2.34. The summed E-state index contributed by atoms with van der Waals surface area (Å²) in [5, 5.41) is 6.42. The van der Waals surface area contributed by atoms with Crippen molar-refractivity contribution in [3.05, 3.63) is 18.2 Å². The van der Waals surface area contributed by atoms with Crippen LogP contribution in [0, 0.1) is 0 Å². The van der Waals surface area contributed by atoms with E-state index in [0.717, 1.165) is 18.0 Å². The quantitative estimate of drug-likeness (QED) is 0.821. The van der Waals surface area contributed by atoms with Crippen molar-refractivity contribution in [2.75, 3.05) is 18.7 Å². The topological polar surface area (TPSA) is 59.6 Å². The summed E-state index contributed by atoms with van der Waals surface area (Å²) in [6.07, 6.45) is 8.28. The molecule has 1 heterocycles. The zero-order valence-electron chi connectivity index (χ0n) is 12.9. The first-order valence-electron chi connectivity index (χ1n) is 8.24. The molecule has 0 saturated heterocycles. The maximum Gasteiger partial charge on any atom is 0.231 e. The fourth-order valence-corrected chi connectivity index (χ4v) is 3.07. The summed E-state index contributed by atoms with van der Waals surface area (Å²) < 4.78 is 10.6. The van der Waals surface area contributed by atoms with Gasteiger partial charge >= 0.3 is 0 Å². The van der Waals surface area contributed by atoms with E-state index < -0.39 is 0 Å². The molecule has 0 radical (unpaired) electrons. The molecule has 5 heteroatoms. The minimum atomic E-state index is 0.0278. The molecule has 1 fully saturated rings. The van der Waals surface area contributed by atoms with Gasteiger partial charge in [0.15, 0.2) is 11.5 Å². The van der Waals surface area contributed by atoms with Gasteiger partial charge in [0.2, 0.25) is 12.7 Å². The Morgan fingerprint density at radius 2 is 1.86 bits per heavy atom. The maximum atomic E-state index is 12.0. The van der Waals surface area contributed by atoms with Crippen LogP contribution >= 0.6 is 0 Å². The number of anilines is 1. The molecule has 2 aliphatic rings. The Kier molecular flexibility index (Phi) is 5.16. The van der Waals surface area contributed by atoms with Gasteiger partial charge in [-0.3, -0.25) is 4.79 Å². The fraction of sp³-hybridized carbons (Fsp3) is 0.588. The van der Waals surface area contributed by atoms with Crippen molar-refractivity contribution in [1.82, 2.24) is 5.32 Å². The molecule has 0 bridgehead atoms. The molecule has 120 valence electrons. The van der Waals surface area contributed by atoms with E-state index in [9.17, 15) is 4.79 Å². The predicted octanol–water partition coefficient (Wildman–Crippen LogP) is 3.06. The van der Waals surface area contributed by atoms with E-state index in [0.29, 0.717) is 18.2 Å². The maximum absolute atomic E-state index is 12.0. The van der Waals surface area contributed by atoms with E-state index in [2.05, 4.69) is 10.6 Å². The van der Waals surface area contributed by atoms with E-state index >= 15 is 0 Å². The zero-order chi connectivity index (χ0) is 15.2. The number of carbonyl (C=O) groups is 1. The number of carbonyl (C=O) groups excluding carboxylic acids is 1. The summed E-state index contributed by atoms with van der Waals surface area (Å²) in [5.74, 6) is 1.45. The van der Waals surface area contributed by atoms with Gasteiger partial charge in [0, 0.05) is 30.8 Å². The normalized spacial score (nSPS) is 18.0. The molecule has 1 aromatic carbocycles. The van der Waals surface area contributed by atoms with E-state index in [1.807, 2.05) is 12.1 Å². The molecular formula is C17H24N2O3. The number of benzene rings is 1. The first-order valence-corrected chi connectivity index (χ1v) is 8.24. The number of rotatable bonds is 5. The van der Waals surface area contributed by atoms with Crippen molar-refractivity contribution in [2.45, 2.75) is 51.0 Å². The van der Waals surface area contributed by atoms with Crippen LogP contribution in [-0.2, 0) is 4.79 Å². The molecule has 2 N–H and O–H groups in total. The summed E-state index contributed by atoms with van der Waals surface area (Å²) >= 11 is 0. The minimum absolute atomic E-state index is 0.0278. The molecule has 0 spiro atoms. The Bertz CT molecular complexity index is 511. The summed E-state index contributed by atoms with van der Waals surface area (Å²) in [6.45, 7) is 0.985. The molecule has 0 atom stereocenters. The molecule has 5 nitrogen and oxygen atoms in total. The molecule has 1 aliphatic carbocycles. The van der Waals surface area contributed by atoms with Gasteiger partial charge in [-0.1, -0.05) is 25.7 Å². The molecule has 1 saturated carbocycles. The fourth-order valence-electron chi connectivity index (χ4n) is 3.07. The minimum Gasteiger partial charge on any atom is -0.454 e. The Balaban J connectivity index is 1.40. The largest absolute Gasteiger partial charge is 0.454 e. The lowest BCUT2D eigenvalue weighted by atomic mass is 10.1. The average Bonchev–Trinajstić information content (AvgIpc) is 2.82. The van der Waals surface area contributed by atoms with Crippen LogP contribution in [0.5, 0.6) is 11.5 Å². The first kappa shape index (κ1) is 15.2. The third-order valence-corrected chi connectivity index (χ3v) is 4.30. The van der Waals surface area contributed by atoms with Crippen LogP contribution in [0.25, 0.3) is 0 Å². The lowest BCUT2D eigenvalue weighted by molar-refractivity contribution is -0.116. The van der Waals surface area contributed by atoms with Gasteiger partial charge in [0.25, 0.3) is 0 Å². The highest BCUT2D eigenvalue weighted by Gasteiger charge is 2.15. The Labute approximate surface area is 131 Å².